The highest BCUT2D eigenvalue weighted by atomic mass is 32.2. The zero-order chi connectivity index (χ0) is 20.3. The van der Waals surface area contributed by atoms with Crippen LogP contribution >= 0.6 is 0 Å². The normalized spacial score (nSPS) is 16.0. The first-order valence-electron chi connectivity index (χ1n) is 9.53. The molecule has 0 aliphatic carbocycles. The molecule has 152 valence electrons. The Balaban J connectivity index is 1.78. The van der Waals surface area contributed by atoms with Crippen molar-refractivity contribution < 1.29 is 13.2 Å². The molecule has 1 aliphatic rings. The minimum Gasteiger partial charge on any atom is -0.467 e. The number of imidazole rings is 1. The summed E-state index contributed by atoms with van der Waals surface area (Å²) in [7, 11) is -2.05. The van der Waals surface area contributed by atoms with Crippen molar-refractivity contribution in [2.24, 2.45) is 0 Å². The zero-order valence-electron chi connectivity index (χ0n) is 16.2. The second-order valence-electron chi connectivity index (χ2n) is 6.95. The molecule has 1 saturated heterocycles. The smallest absolute Gasteiger partial charge is 0.316 e. The molecule has 1 aromatic carbocycles. The highest BCUT2D eigenvalue weighted by molar-refractivity contribution is 7.89. The molecule has 1 N–H and O–H groups in total. The number of ether oxygens (including phenoxy) is 1. The average molecular weight is 414 g/mol. The predicted octanol–water partition coefficient (Wildman–Crippen LogP) is 2.37. The van der Waals surface area contributed by atoms with Gasteiger partial charge in [0.2, 0.25) is 10.0 Å². The summed E-state index contributed by atoms with van der Waals surface area (Å²) >= 11 is 0. The van der Waals surface area contributed by atoms with E-state index in [1.165, 1.54) is 7.11 Å². The van der Waals surface area contributed by atoms with Crippen molar-refractivity contribution in [2.45, 2.75) is 30.1 Å². The molecule has 1 unspecified atom stereocenters. The summed E-state index contributed by atoms with van der Waals surface area (Å²) < 4.78 is 33.4. The lowest BCUT2D eigenvalue weighted by Gasteiger charge is -2.22. The Hall–Kier alpha value is -2.78. The highest BCUT2D eigenvalue weighted by Gasteiger charge is 2.32. The van der Waals surface area contributed by atoms with E-state index in [0.717, 1.165) is 29.8 Å². The number of methoxy groups -OCH3 is 1. The second-order valence-corrected chi connectivity index (χ2v) is 8.85. The molecule has 1 fully saturated rings. The maximum atomic E-state index is 13.3. The molecule has 29 heavy (non-hydrogen) atoms. The van der Waals surface area contributed by atoms with Crippen molar-refractivity contribution in [3.8, 4) is 6.01 Å². The van der Waals surface area contributed by atoms with Gasteiger partial charge in [-0.1, -0.05) is 18.2 Å². The van der Waals surface area contributed by atoms with Crippen LogP contribution in [0.2, 0.25) is 0 Å². The number of nitrogens with one attached hydrogen (secondary N) is 1. The number of aromatic amines is 1. The fourth-order valence-corrected chi connectivity index (χ4v) is 5.49. The summed E-state index contributed by atoms with van der Waals surface area (Å²) in [5.41, 5.74) is 2.30. The van der Waals surface area contributed by atoms with Gasteiger partial charge in [0.1, 0.15) is 0 Å². The molecule has 9 heteroatoms. The first kappa shape index (κ1) is 19.5. The number of H-pyrrole nitrogens is 1. The van der Waals surface area contributed by atoms with Gasteiger partial charge in [-0.05, 0) is 30.5 Å². The molecule has 4 rings (SSSR count). The summed E-state index contributed by atoms with van der Waals surface area (Å²) in [6, 6.07) is 9.28. The van der Waals surface area contributed by atoms with Crippen LogP contribution in [0.5, 0.6) is 6.01 Å². The summed E-state index contributed by atoms with van der Waals surface area (Å²) in [6.07, 6.45) is 7.23. The van der Waals surface area contributed by atoms with Crippen LogP contribution in [-0.4, -0.2) is 52.9 Å². The predicted molar refractivity (Wildman–Crippen MR) is 107 cm³/mol. The minimum absolute atomic E-state index is 0.259. The molecule has 3 aromatic rings. The van der Waals surface area contributed by atoms with Crippen molar-refractivity contribution in [1.29, 1.82) is 0 Å². The van der Waals surface area contributed by atoms with Gasteiger partial charge in [-0.15, -0.1) is 0 Å². The number of benzene rings is 1. The molecular weight excluding hydrogens is 390 g/mol. The summed E-state index contributed by atoms with van der Waals surface area (Å²) in [4.78, 5) is 16.1. The topological polar surface area (TPSA) is 101 Å². The maximum Gasteiger partial charge on any atom is 0.316 e. The third-order valence-corrected chi connectivity index (χ3v) is 7.13. The molecule has 0 amide bonds. The van der Waals surface area contributed by atoms with Gasteiger partial charge in [-0.25, -0.2) is 23.4 Å². The van der Waals surface area contributed by atoms with Crippen molar-refractivity contribution in [3.05, 3.63) is 66.0 Å². The van der Waals surface area contributed by atoms with Gasteiger partial charge < -0.3 is 9.72 Å². The quantitative estimate of drug-likeness (QED) is 0.638. The van der Waals surface area contributed by atoms with Gasteiger partial charge in [0, 0.05) is 49.2 Å². The van der Waals surface area contributed by atoms with Crippen molar-refractivity contribution in [2.75, 3.05) is 20.2 Å². The van der Waals surface area contributed by atoms with Gasteiger partial charge >= 0.3 is 6.01 Å². The Labute approximate surface area is 170 Å². The van der Waals surface area contributed by atoms with Crippen LogP contribution in [0.4, 0.5) is 0 Å². The SMILES string of the molecule is COc1nccc(CC(c2cnc[nH]2)c2ccccc2S(=O)(=O)N2CCCC2)n1. The van der Waals surface area contributed by atoms with Gasteiger partial charge in [-0.3, -0.25) is 0 Å². The number of rotatable bonds is 7. The van der Waals surface area contributed by atoms with Crippen molar-refractivity contribution >= 4 is 10.0 Å². The largest absolute Gasteiger partial charge is 0.467 e. The number of hydrogen-bond donors (Lipinski definition) is 1. The molecule has 1 atom stereocenters. The monoisotopic (exact) mass is 413 g/mol. The van der Waals surface area contributed by atoms with E-state index in [1.807, 2.05) is 18.2 Å². The van der Waals surface area contributed by atoms with Crippen LogP contribution in [0.15, 0.2) is 53.9 Å². The molecule has 3 heterocycles. The first-order chi connectivity index (χ1) is 14.1. The van der Waals surface area contributed by atoms with Crippen LogP contribution < -0.4 is 4.74 Å². The Morgan fingerprint density at radius 2 is 2.00 bits per heavy atom. The number of hydrogen-bond acceptors (Lipinski definition) is 6. The zero-order valence-corrected chi connectivity index (χ0v) is 17.0. The number of aromatic nitrogens is 4. The van der Waals surface area contributed by atoms with E-state index in [1.54, 1.807) is 35.2 Å². The van der Waals surface area contributed by atoms with Crippen LogP contribution in [0.25, 0.3) is 0 Å². The minimum atomic E-state index is -3.57. The fourth-order valence-electron chi connectivity index (χ4n) is 3.71. The summed E-state index contributed by atoms with van der Waals surface area (Å²) in [6.45, 7) is 1.13. The third kappa shape index (κ3) is 4.01. The van der Waals surface area contributed by atoms with E-state index in [-0.39, 0.29) is 11.9 Å². The van der Waals surface area contributed by atoms with Crippen LogP contribution in [0.3, 0.4) is 0 Å². The third-order valence-electron chi connectivity index (χ3n) is 5.16. The van der Waals surface area contributed by atoms with Gasteiger partial charge in [0.15, 0.2) is 0 Å². The maximum absolute atomic E-state index is 13.3. The average Bonchev–Trinajstić information content (AvgIpc) is 3.47. The van der Waals surface area contributed by atoms with Crippen LogP contribution in [-0.2, 0) is 16.4 Å². The Morgan fingerprint density at radius 1 is 1.21 bits per heavy atom. The molecule has 8 nitrogen and oxygen atoms in total. The fraction of sp³-hybridized carbons (Fsp3) is 0.350. The van der Waals surface area contributed by atoms with Crippen LogP contribution in [0, 0.1) is 0 Å². The molecule has 0 spiro atoms. The molecule has 0 saturated carbocycles. The van der Waals surface area contributed by atoms with Gasteiger partial charge in [-0.2, -0.15) is 4.31 Å². The van der Waals surface area contributed by atoms with E-state index < -0.39 is 10.0 Å². The molecular formula is C20H23N5O3S. The van der Waals surface area contributed by atoms with Crippen LogP contribution in [0.1, 0.15) is 35.7 Å². The molecule has 0 radical (unpaired) electrons. The molecule has 1 aliphatic heterocycles. The first-order valence-corrected chi connectivity index (χ1v) is 11.0. The lowest BCUT2D eigenvalue weighted by molar-refractivity contribution is 0.377. The standard InChI is InChI=1S/C20H23N5O3S/c1-28-20-22-9-8-15(24-20)12-17(18-13-21-14-23-18)16-6-2-3-7-19(16)29(26,27)25-10-4-5-11-25/h2-3,6-9,13-14,17H,4-5,10-12H2,1H3,(H,21,23). The van der Waals surface area contributed by atoms with E-state index in [4.69, 9.17) is 4.74 Å². The number of nitrogens with zero attached hydrogens (tertiary/aromatic N) is 4. The second kappa shape index (κ2) is 8.30. The lowest BCUT2D eigenvalue weighted by Crippen LogP contribution is -2.29. The Morgan fingerprint density at radius 3 is 2.72 bits per heavy atom. The summed E-state index contributed by atoms with van der Waals surface area (Å²) in [5, 5.41) is 0. The Kier molecular flexibility index (Phi) is 5.59. The van der Waals surface area contributed by atoms with E-state index >= 15 is 0 Å². The highest BCUT2D eigenvalue weighted by Crippen LogP contribution is 2.33. The molecule has 2 aromatic heterocycles. The van der Waals surface area contributed by atoms with E-state index in [0.29, 0.717) is 24.4 Å². The van der Waals surface area contributed by atoms with E-state index in [9.17, 15) is 8.42 Å². The van der Waals surface area contributed by atoms with E-state index in [2.05, 4.69) is 19.9 Å². The molecule has 0 bridgehead atoms. The summed E-state index contributed by atoms with van der Waals surface area (Å²) in [5.74, 6) is -0.259. The van der Waals surface area contributed by atoms with Gasteiger partial charge in [0.25, 0.3) is 0 Å². The van der Waals surface area contributed by atoms with Gasteiger partial charge in [0.05, 0.1) is 18.3 Å². The number of sulfonamides is 1. The van der Waals surface area contributed by atoms with Crippen molar-refractivity contribution in [3.63, 3.8) is 0 Å². The lowest BCUT2D eigenvalue weighted by atomic mass is 9.91. The van der Waals surface area contributed by atoms with Crippen molar-refractivity contribution in [1.82, 2.24) is 24.2 Å². The Bertz CT molecular complexity index is 1060.